The smallest absolute Gasteiger partial charge is 0.433 e. The highest BCUT2D eigenvalue weighted by atomic mass is 35.5. The van der Waals surface area contributed by atoms with E-state index < -0.39 is 23.8 Å². The third kappa shape index (κ3) is 14.1. The number of carbonyl (C=O) groups excluding carboxylic acids is 1. The monoisotopic (exact) mass is 933 g/mol. The number of hydrogen-bond donors (Lipinski definition) is 2. The Balaban J connectivity index is 0.000000299. The second kappa shape index (κ2) is 23.3. The molecule has 0 aliphatic carbocycles. The Morgan fingerprint density at radius 2 is 1.50 bits per heavy atom. The van der Waals surface area contributed by atoms with Crippen molar-refractivity contribution in [3.63, 3.8) is 0 Å². The van der Waals surface area contributed by atoms with Crippen molar-refractivity contribution in [2.24, 2.45) is 23.7 Å². The third-order valence-electron chi connectivity index (χ3n) is 11.3. The molecule has 2 aliphatic rings. The summed E-state index contributed by atoms with van der Waals surface area (Å²) in [5, 5.41) is 17.1. The first-order valence-electron chi connectivity index (χ1n) is 21.6. The Kier molecular flexibility index (Phi) is 17.9. The molecule has 0 saturated carbocycles. The molecule has 7 rings (SSSR count). The van der Waals surface area contributed by atoms with Gasteiger partial charge >= 0.3 is 18.1 Å². The number of halogens is 4. The highest BCUT2D eigenvalue weighted by Gasteiger charge is 2.40. The molecule has 5 aromatic rings. The minimum Gasteiger partial charge on any atom is -0.493 e. The molecule has 2 aromatic heterocycles. The molecule has 4 atom stereocenters. The van der Waals surface area contributed by atoms with E-state index in [9.17, 15) is 27.9 Å². The summed E-state index contributed by atoms with van der Waals surface area (Å²) in [5.74, 6) is 0.255. The zero-order chi connectivity index (χ0) is 46.6. The summed E-state index contributed by atoms with van der Waals surface area (Å²) in [4.78, 5) is 40.7. The maximum atomic E-state index is 13.1. The van der Waals surface area contributed by atoms with E-state index in [1.54, 1.807) is 12.1 Å². The molecule has 66 heavy (non-hydrogen) atoms. The highest BCUT2D eigenvalue weighted by Crippen LogP contribution is 2.33. The fourth-order valence-electron chi connectivity index (χ4n) is 7.76. The van der Waals surface area contributed by atoms with Gasteiger partial charge in [0.05, 0.1) is 25.0 Å². The van der Waals surface area contributed by atoms with Crippen molar-refractivity contribution in [2.75, 3.05) is 57.4 Å². The summed E-state index contributed by atoms with van der Waals surface area (Å²) < 4.78 is 61.2. The molecule has 2 fully saturated rings. The first-order valence-corrected chi connectivity index (χ1v) is 21.6. The fraction of sp³-hybridized carbons (Fsp3) is 0.438. The molecule has 0 amide bonds. The van der Waals surface area contributed by atoms with Gasteiger partial charge in [0.1, 0.15) is 17.2 Å². The van der Waals surface area contributed by atoms with E-state index in [4.69, 9.17) is 25.3 Å². The standard InChI is InChI=1S/C31H32F3N5O4.C17H22N2O3.ClH/c1-30(2,3)22-8-6-20(7-9-22)27-37-26(38-43-27)13-15-42-23-10-4-19(5-11-23)16-21-17-39(18-24(21)28(40)41)29-35-14-12-25(36-29)31(32,33)34;1-3-21-17(20)16-12-19-11-14(16)10-13-4-6-15(7-5-13)22-9-8-18-2;/h4-12,14,21,24H,13,15-18H2,1-3H3,(H,40,41);4-7,14,16,19H,3,8-12H2,1H3;1H/t21-,24+;14-,16+;/m11./s1. The van der Waals surface area contributed by atoms with E-state index in [0.29, 0.717) is 63.2 Å². The lowest BCUT2D eigenvalue weighted by molar-refractivity contribution is -0.148. The van der Waals surface area contributed by atoms with Gasteiger partial charge < -0.3 is 38.9 Å². The van der Waals surface area contributed by atoms with Crippen LogP contribution in [0.5, 0.6) is 11.5 Å². The SMILES string of the molecule is CC(C)(C)c1ccc(-c2nc(CCOc3ccc(C[C@@H]4CN(c5nccc(C(F)(F)F)n5)C[C@@H]4C(=O)O)cc3)no2)cc1.Cl.[C-]#[N+]CCOc1ccc(C[C@@H]2CNC[C@@H]2C(=O)OCC)cc1. The molecule has 0 unspecified atom stereocenters. The largest absolute Gasteiger partial charge is 0.493 e. The van der Waals surface area contributed by atoms with Crippen LogP contribution in [0.4, 0.5) is 19.1 Å². The van der Waals surface area contributed by atoms with Crippen molar-refractivity contribution in [2.45, 2.75) is 58.5 Å². The van der Waals surface area contributed by atoms with Gasteiger partial charge in [0.25, 0.3) is 5.89 Å². The van der Waals surface area contributed by atoms with Crippen LogP contribution in [-0.4, -0.2) is 89.7 Å². The second-order valence-electron chi connectivity index (χ2n) is 17.0. The predicted octanol–water partition coefficient (Wildman–Crippen LogP) is 8.19. The summed E-state index contributed by atoms with van der Waals surface area (Å²) >= 11 is 0. The topological polar surface area (TPSA) is 166 Å². The van der Waals surface area contributed by atoms with Gasteiger partial charge in [-0.05, 0) is 103 Å². The van der Waals surface area contributed by atoms with Crippen molar-refractivity contribution in [1.29, 1.82) is 0 Å². The number of ether oxygens (including phenoxy) is 3. The summed E-state index contributed by atoms with van der Waals surface area (Å²) in [7, 11) is 0. The molecule has 2 aliphatic heterocycles. The number of carboxylic acids is 1. The van der Waals surface area contributed by atoms with Crippen LogP contribution >= 0.6 is 12.4 Å². The number of nitrogens with one attached hydrogen (secondary N) is 1. The Morgan fingerprint density at radius 1 is 0.864 bits per heavy atom. The minimum atomic E-state index is -4.61. The number of hydrogen-bond acceptors (Lipinski definition) is 12. The van der Waals surface area contributed by atoms with Crippen LogP contribution in [0.25, 0.3) is 16.3 Å². The number of carboxylic acid groups (broad SMARTS) is 1. The average molecular weight is 934 g/mol. The number of carbonyl (C=O) groups is 2. The number of aromatic nitrogens is 4. The molecule has 18 heteroatoms. The van der Waals surface area contributed by atoms with Gasteiger partial charge in [0, 0.05) is 37.8 Å². The van der Waals surface area contributed by atoms with Gasteiger partial charge in [-0.25, -0.2) is 16.5 Å². The van der Waals surface area contributed by atoms with E-state index in [2.05, 4.69) is 63.2 Å². The van der Waals surface area contributed by atoms with E-state index in [1.165, 1.54) is 16.0 Å². The maximum absolute atomic E-state index is 13.1. The maximum Gasteiger partial charge on any atom is 0.433 e. The van der Waals surface area contributed by atoms with Crippen molar-refractivity contribution < 1.29 is 46.6 Å². The van der Waals surface area contributed by atoms with E-state index in [1.807, 2.05) is 55.5 Å². The van der Waals surface area contributed by atoms with E-state index in [0.717, 1.165) is 42.1 Å². The molecule has 0 spiro atoms. The number of anilines is 1. The second-order valence-corrected chi connectivity index (χ2v) is 17.0. The van der Waals surface area contributed by atoms with Crippen LogP contribution in [0.2, 0.25) is 0 Å². The number of benzene rings is 3. The predicted molar refractivity (Wildman–Crippen MR) is 242 cm³/mol. The van der Waals surface area contributed by atoms with Crippen molar-refractivity contribution in [1.82, 2.24) is 25.4 Å². The van der Waals surface area contributed by atoms with Gasteiger partial charge in [-0.3, -0.25) is 9.59 Å². The minimum absolute atomic E-state index is 0. The Labute approximate surface area is 388 Å². The molecule has 14 nitrogen and oxygen atoms in total. The number of esters is 1. The number of aliphatic carboxylic acids is 1. The molecule has 4 heterocycles. The van der Waals surface area contributed by atoms with E-state index in [-0.39, 0.29) is 60.6 Å². The molecular formula is C48H55ClF3N7O7. The van der Waals surface area contributed by atoms with Gasteiger partial charge in [-0.15, -0.1) is 12.4 Å². The van der Waals surface area contributed by atoms with Crippen LogP contribution in [0.1, 0.15) is 55.9 Å². The molecule has 0 bridgehead atoms. The van der Waals surface area contributed by atoms with Crippen LogP contribution < -0.4 is 19.7 Å². The van der Waals surface area contributed by atoms with Crippen LogP contribution in [0.15, 0.2) is 89.6 Å². The van der Waals surface area contributed by atoms with E-state index >= 15 is 0 Å². The van der Waals surface area contributed by atoms with Gasteiger partial charge in [-0.2, -0.15) is 18.2 Å². The summed E-state index contributed by atoms with van der Waals surface area (Å²) in [5.41, 5.74) is 3.12. The summed E-state index contributed by atoms with van der Waals surface area (Å²) in [6, 6.07) is 24.0. The fourth-order valence-corrected chi connectivity index (χ4v) is 7.76. The Bertz CT molecular complexity index is 2370. The summed E-state index contributed by atoms with van der Waals surface area (Å²) in [6.07, 6.45) is -1.86. The Hall–Kier alpha value is -6.25. The first-order chi connectivity index (χ1) is 31.1. The quantitative estimate of drug-likeness (QED) is 0.0553. The van der Waals surface area contributed by atoms with Crippen molar-refractivity contribution in [3.8, 4) is 23.0 Å². The number of nitrogens with zero attached hydrogens (tertiary/aromatic N) is 6. The van der Waals surface area contributed by atoms with Crippen LogP contribution in [-0.2, 0) is 45.2 Å². The van der Waals surface area contributed by atoms with Gasteiger partial charge in [-0.1, -0.05) is 62.3 Å². The molecule has 2 saturated heterocycles. The van der Waals surface area contributed by atoms with Crippen molar-refractivity contribution in [3.05, 3.63) is 125 Å². The lowest BCUT2D eigenvalue weighted by atomic mass is 9.87. The lowest BCUT2D eigenvalue weighted by Crippen LogP contribution is -2.26. The molecule has 0 radical (unpaired) electrons. The average Bonchev–Trinajstić information content (AvgIpc) is 4.06. The first kappa shape index (κ1) is 50.7. The Morgan fingerprint density at radius 3 is 2.09 bits per heavy atom. The summed E-state index contributed by atoms with van der Waals surface area (Å²) in [6.45, 7) is 18.3. The molecule has 352 valence electrons. The third-order valence-corrected chi connectivity index (χ3v) is 11.3. The number of alkyl halides is 3. The van der Waals surface area contributed by atoms with Crippen LogP contribution in [0, 0.1) is 30.2 Å². The number of rotatable bonds is 16. The zero-order valence-corrected chi connectivity index (χ0v) is 38.1. The van der Waals surface area contributed by atoms with Gasteiger partial charge in [0.15, 0.2) is 12.4 Å². The van der Waals surface area contributed by atoms with Crippen molar-refractivity contribution >= 4 is 30.3 Å². The zero-order valence-electron chi connectivity index (χ0n) is 37.3. The molecule has 2 N–H and O–H groups in total. The van der Waals surface area contributed by atoms with Gasteiger partial charge in [0.2, 0.25) is 12.5 Å². The normalized spacial score (nSPS) is 18.1. The molecular weight excluding hydrogens is 879 g/mol. The lowest BCUT2D eigenvalue weighted by Gasteiger charge is -2.18. The molecule has 3 aromatic carbocycles. The van der Waals surface area contributed by atoms with Crippen LogP contribution in [0.3, 0.4) is 0 Å². The highest BCUT2D eigenvalue weighted by molar-refractivity contribution is 5.85.